The lowest BCUT2D eigenvalue weighted by molar-refractivity contribution is 0.367. The van der Waals surface area contributed by atoms with Gasteiger partial charge < -0.3 is 19.6 Å². The summed E-state index contributed by atoms with van der Waals surface area (Å²) in [6.07, 6.45) is 0.670. The molecule has 0 radical (unpaired) electrons. The number of hydrogen-bond acceptors (Lipinski definition) is 6. The van der Waals surface area contributed by atoms with Crippen LogP contribution < -0.4 is 10.2 Å². The van der Waals surface area contributed by atoms with Crippen molar-refractivity contribution in [2.75, 3.05) is 44.2 Å². The second kappa shape index (κ2) is 9.02. The molecule has 0 aliphatic carbocycles. The SMILES string of the molecule is CCNC(=NCCc1nc(C(C)C)no1)N1CCN(c2cccs2)CC1. The van der Waals surface area contributed by atoms with Crippen LogP contribution >= 0.6 is 11.3 Å². The van der Waals surface area contributed by atoms with Gasteiger partial charge in [0.2, 0.25) is 5.89 Å². The van der Waals surface area contributed by atoms with E-state index in [9.17, 15) is 0 Å². The zero-order chi connectivity index (χ0) is 18.4. The maximum absolute atomic E-state index is 5.30. The Hall–Kier alpha value is -2.09. The molecule has 8 heteroatoms. The lowest BCUT2D eigenvalue weighted by Gasteiger charge is -2.37. The van der Waals surface area contributed by atoms with E-state index in [2.05, 4.69) is 63.5 Å². The Morgan fingerprint density at radius 3 is 2.77 bits per heavy atom. The zero-order valence-corrected chi connectivity index (χ0v) is 16.6. The predicted octanol–water partition coefficient (Wildman–Crippen LogP) is 2.58. The second-order valence-corrected chi connectivity index (χ2v) is 7.54. The fourth-order valence-corrected chi connectivity index (χ4v) is 3.66. The quantitative estimate of drug-likeness (QED) is 0.617. The molecule has 7 nitrogen and oxygen atoms in total. The molecular formula is C18H28N6OS. The van der Waals surface area contributed by atoms with Gasteiger partial charge in [-0.25, -0.2) is 0 Å². The third-order valence-corrected chi connectivity index (χ3v) is 5.25. The van der Waals surface area contributed by atoms with Gasteiger partial charge in [-0.2, -0.15) is 4.98 Å². The minimum Gasteiger partial charge on any atom is -0.360 e. The van der Waals surface area contributed by atoms with Crippen LogP contribution in [0.5, 0.6) is 0 Å². The lowest BCUT2D eigenvalue weighted by atomic mass is 10.2. The second-order valence-electron chi connectivity index (χ2n) is 6.61. The molecule has 0 amide bonds. The number of guanidine groups is 1. The van der Waals surface area contributed by atoms with Gasteiger partial charge in [0.05, 0.1) is 11.5 Å². The molecule has 0 bridgehead atoms. The molecule has 0 spiro atoms. The molecule has 1 aliphatic heterocycles. The van der Waals surface area contributed by atoms with E-state index in [1.165, 1.54) is 5.00 Å². The summed E-state index contributed by atoms with van der Waals surface area (Å²) in [5.74, 6) is 2.69. The van der Waals surface area contributed by atoms with Crippen molar-refractivity contribution in [1.29, 1.82) is 0 Å². The summed E-state index contributed by atoms with van der Waals surface area (Å²) >= 11 is 1.80. The fourth-order valence-electron chi connectivity index (χ4n) is 2.88. The fraction of sp³-hybridized carbons (Fsp3) is 0.611. The van der Waals surface area contributed by atoms with Gasteiger partial charge in [0.1, 0.15) is 0 Å². The van der Waals surface area contributed by atoms with Gasteiger partial charge in [-0.3, -0.25) is 4.99 Å². The Morgan fingerprint density at radius 2 is 2.15 bits per heavy atom. The molecule has 26 heavy (non-hydrogen) atoms. The zero-order valence-electron chi connectivity index (χ0n) is 15.8. The van der Waals surface area contributed by atoms with Gasteiger partial charge in [-0.15, -0.1) is 11.3 Å². The number of nitrogens with one attached hydrogen (secondary N) is 1. The van der Waals surface area contributed by atoms with Gasteiger partial charge in [0.25, 0.3) is 0 Å². The van der Waals surface area contributed by atoms with Gasteiger partial charge in [0, 0.05) is 45.1 Å². The van der Waals surface area contributed by atoms with Crippen LogP contribution in [0, 0.1) is 0 Å². The first-order valence-corrected chi connectivity index (χ1v) is 10.2. The number of anilines is 1. The summed E-state index contributed by atoms with van der Waals surface area (Å²) in [6.45, 7) is 11.7. The molecule has 0 aromatic carbocycles. The number of aliphatic imine (C=N–C) groups is 1. The maximum atomic E-state index is 5.30. The van der Waals surface area contributed by atoms with E-state index >= 15 is 0 Å². The number of thiophene rings is 1. The van der Waals surface area contributed by atoms with Crippen molar-refractivity contribution < 1.29 is 4.52 Å². The lowest BCUT2D eigenvalue weighted by Crippen LogP contribution is -2.52. The van der Waals surface area contributed by atoms with Crippen molar-refractivity contribution >= 4 is 22.3 Å². The molecule has 0 unspecified atom stereocenters. The van der Waals surface area contributed by atoms with E-state index in [0.29, 0.717) is 18.9 Å². The first-order valence-electron chi connectivity index (χ1n) is 9.31. The van der Waals surface area contributed by atoms with Crippen LogP contribution in [0.25, 0.3) is 0 Å². The minimum absolute atomic E-state index is 0.285. The van der Waals surface area contributed by atoms with Crippen molar-refractivity contribution in [1.82, 2.24) is 20.4 Å². The van der Waals surface area contributed by atoms with Crippen molar-refractivity contribution in [3.05, 3.63) is 29.2 Å². The van der Waals surface area contributed by atoms with E-state index in [0.717, 1.165) is 44.5 Å². The van der Waals surface area contributed by atoms with Crippen LogP contribution in [0.2, 0.25) is 0 Å². The number of nitrogens with zero attached hydrogens (tertiary/aromatic N) is 5. The topological polar surface area (TPSA) is 69.8 Å². The van der Waals surface area contributed by atoms with E-state index < -0.39 is 0 Å². The monoisotopic (exact) mass is 376 g/mol. The Bertz CT molecular complexity index is 688. The maximum Gasteiger partial charge on any atom is 0.228 e. The molecule has 3 rings (SSSR count). The largest absolute Gasteiger partial charge is 0.360 e. The van der Waals surface area contributed by atoms with E-state index in [1.54, 1.807) is 11.3 Å². The highest BCUT2D eigenvalue weighted by Crippen LogP contribution is 2.22. The van der Waals surface area contributed by atoms with Crippen LogP contribution in [0.15, 0.2) is 27.0 Å². The normalized spacial score (nSPS) is 15.8. The molecule has 1 N–H and O–H groups in total. The molecule has 142 valence electrons. The molecule has 3 heterocycles. The van der Waals surface area contributed by atoms with E-state index in [1.807, 2.05) is 0 Å². The molecule has 1 fully saturated rings. The third kappa shape index (κ3) is 4.75. The van der Waals surface area contributed by atoms with Crippen molar-refractivity contribution in [2.24, 2.45) is 4.99 Å². The first kappa shape index (κ1) is 18.7. The number of piperazine rings is 1. The average molecular weight is 377 g/mol. The Kier molecular flexibility index (Phi) is 6.49. The van der Waals surface area contributed by atoms with Crippen LogP contribution in [-0.4, -0.2) is 60.3 Å². The summed E-state index contributed by atoms with van der Waals surface area (Å²) in [4.78, 5) is 14.0. The van der Waals surface area contributed by atoms with Gasteiger partial charge >= 0.3 is 0 Å². The Labute approximate surface area is 159 Å². The van der Waals surface area contributed by atoms with Gasteiger partial charge in [0.15, 0.2) is 11.8 Å². The van der Waals surface area contributed by atoms with Crippen molar-refractivity contribution in [3.63, 3.8) is 0 Å². The molecule has 0 atom stereocenters. The van der Waals surface area contributed by atoms with Crippen LogP contribution in [0.4, 0.5) is 5.00 Å². The standard InChI is InChI=1S/C18H28N6OS/c1-4-19-18(20-8-7-15-21-17(14(2)3)22-25-15)24-11-9-23(10-12-24)16-6-5-13-26-16/h5-6,13-14H,4,7-12H2,1-3H3,(H,19,20). The van der Waals surface area contributed by atoms with Crippen molar-refractivity contribution in [2.45, 2.75) is 33.1 Å². The van der Waals surface area contributed by atoms with Crippen LogP contribution in [0.1, 0.15) is 38.4 Å². The highest BCUT2D eigenvalue weighted by molar-refractivity contribution is 7.14. The predicted molar refractivity (Wildman–Crippen MR) is 106 cm³/mol. The minimum atomic E-state index is 0.285. The Morgan fingerprint density at radius 1 is 1.35 bits per heavy atom. The summed E-state index contributed by atoms with van der Waals surface area (Å²) in [5, 5.41) is 10.9. The van der Waals surface area contributed by atoms with E-state index in [4.69, 9.17) is 9.52 Å². The highest BCUT2D eigenvalue weighted by atomic mass is 32.1. The summed E-state index contributed by atoms with van der Waals surface area (Å²) in [7, 11) is 0. The average Bonchev–Trinajstić information content (AvgIpc) is 3.33. The van der Waals surface area contributed by atoms with Crippen molar-refractivity contribution in [3.8, 4) is 0 Å². The molecular weight excluding hydrogens is 348 g/mol. The molecule has 0 saturated carbocycles. The molecule has 1 saturated heterocycles. The van der Waals surface area contributed by atoms with Crippen LogP contribution in [-0.2, 0) is 6.42 Å². The molecule has 2 aromatic rings. The van der Waals surface area contributed by atoms with Gasteiger partial charge in [-0.1, -0.05) is 19.0 Å². The summed E-state index contributed by atoms with van der Waals surface area (Å²) in [5.41, 5.74) is 0. The number of rotatable bonds is 6. The summed E-state index contributed by atoms with van der Waals surface area (Å²) in [6, 6.07) is 4.30. The number of hydrogen-bond donors (Lipinski definition) is 1. The number of aromatic nitrogens is 2. The highest BCUT2D eigenvalue weighted by Gasteiger charge is 2.20. The van der Waals surface area contributed by atoms with Crippen LogP contribution in [0.3, 0.4) is 0 Å². The smallest absolute Gasteiger partial charge is 0.228 e. The Balaban J connectivity index is 1.53. The van der Waals surface area contributed by atoms with Gasteiger partial charge in [-0.05, 0) is 24.4 Å². The van der Waals surface area contributed by atoms with E-state index in [-0.39, 0.29) is 5.92 Å². The first-order chi connectivity index (χ1) is 12.7. The molecule has 2 aromatic heterocycles. The molecule has 1 aliphatic rings. The third-order valence-electron chi connectivity index (χ3n) is 4.32. The summed E-state index contributed by atoms with van der Waals surface area (Å²) < 4.78 is 5.30.